The summed E-state index contributed by atoms with van der Waals surface area (Å²) in [6.07, 6.45) is 1.65. The fourth-order valence-electron chi connectivity index (χ4n) is 1.85. The minimum atomic E-state index is -0.503. The van der Waals surface area contributed by atoms with Gasteiger partial charge in [-0.05, 0) is 18.2 Å². The van der Waals surface area contributed by atoms with Crippen LogP contribution in [-0.4, -0.2) is 24.3 Å². The van der Waals surface area contributed by atoms with E-state index in [1.807, 2.05) is 0 Å². The molecule has 1 aliphatic rings. The van der Waals surface area contributed by atoms with E-state index in [0.717, 1.165) is 0 Å². The number of anilines is 1. The maximum absolute atomic E-state index is 13.5. The fourth-order valence-corrected chi connectivity index (χ4v) is 2.13. The van der Waals surface area contributed by atoms with Crippen molar-refractivity contribution in [2.75, 3.05) is 18.9 Å². The summed E-state index contributed by atoms with van der Waals surface area (Å²) < 4.78 is 24.1. The average Bonchev–Trinajstić information content (AvgIpc) is 2.39. The van der Waals surface area contributed by atoms with Crippen LogP contribution in [0, 0.1) is 5.82 Å². The molecular weight excluding hydrogens is 283 g/mol. The van der Waals surface area contributed by atoms with Gasteiger partial charge in [0.2, 0.25) is 5.88 Å². The summed E-state index contributed by atoms with van der Waals surface area (Å²) in [5.41, 5.74) is 6.73. The predicted octanol–water partition coefficient (Wildman–Crippen LogP) is 2.90. The fraction of sp³-hybridized carbons (Fsp3) is 0.214. The third kappa shape index (κ3) is 2.55. The van der Waals surface area contributed by atoms with E-state index in [4.69, 9.17) is 26.8 Å². The third-order valence-electron chi connectivity index (χ3n) is 3.03. The lowest BCUT2D eigenvalue weighted by molar-refractivity contribution is -0.0813. The monoisotopic (exact) mass is 294 g/mol. The Morgan fingerprint density at radius 1 is 1.35 bits per heavy atom. The highest BCUT2D eigenvalue weighted by Gasteiger charge is 2.20. The predicted molar refractivity (Wildman–Crippen MR) is 74.3 cm³/mol. The Morgan fingerprint density at radius 3 is 2.75 bits per heavy atom. The van der Waals surface area contributed by atoms with E-state index < -0.39 is 5.82 Å². The molecule has 0 radical (unpaired) electrons. The highest BCUT2D eigenvalue weighted by Crippen LogP contribution is 2.31. The van der Waals surface area contributed by atoms with Crippen molar-refractivity contribution >= 4 is 17.3 Å². The number of hydrogen-bond donors (Lipinski definition) is 1. The van der Waals surface area contributed by atoms with E-state index in [1.165, 1.54) is 12.1 Å². The molecule has 6 heteroatoms. The first-order valence-corrected chi connectivity index (χ1v) is 6.46. The maximum Gasteiger partial charge on any atom is 0.213 e. The van der Waals surface area contributed by atoms with Gasteiger partial charge in [0.05, 0.1) is 23.9 Å². The van der Waals surface area contributed by atoms with Gasteiger partial charge in [-0.25, -0.2) is 9.37 Å². The van der Waals surface area contributed by atoms with Crippen molar-refractivity contribution in [3.63, 3.8) is 0 Å². The highest BCUT2D eigenvalue weighted by atomic mass is 35.5. The molecule has 0 spiro atoms. The number of benzene rings is 1. The molecule has 0 saturated carbocycles. The zero-order valence-electron chi connectivity index (χ0n) is 10.5. The molecule has 0 aliphatic carbocycles. The summed E-state index contributed by atoms with van der Waals surface area (Å²) in [4.78, 5) is 4.18. The van der Waals surface area contributed by atoms with Crippen molar-refractivity contribution in [3.05, 3.63) is 41.3 Å². The van der Waals surface area contributed by atoms with E-state index in [1.54, 1.807) is 18.3 Å². The molecule has 2 heterocycles. The van der Waals surface area contributed by atoms with Gasteiger partial charge in [-0.3, -0.25) is 0 Å². The van der Waals surface area contributed by atoms with Crippen LogP contribution in [0.4, 0.5) is 10.1 Å². The lowest BCUT2D eigenvalue weighted by Gasteiger charge is -2.26. The van der Waals surface area contributed by atoms with Gasteiger partial charge in [-0.2, -0.15) is 0 Å². The Bertz CT molecular complexity index is 630. The molecule has 2 N–H and O–H groups in total. The lowest BCUT2D eigenvalue weighted by Crippen LogP contribution is -2.38. The quantitative estimate of drug-likeness (QED) is 0.884. The average molecular weight is 295 g/mol. The Balaban J connectivity index is 1.85. The van der Waals surface area contributed by atoms with Gasteiger partial charge in [-0.15, -0.1) is 0 Å². The number of aromatic nitrogens is 1. The summed E-state index contributed by atoms with van der Waals surface area (Å²) in [6, 6.07) is 6.19. The number of nitrogens with zero attached hydrogens (tertiary/aromatic N) is 1. The summed E-state index contributed by atoms with van der Waals surface area (Å²) in [5, 5.41) is 0.381. The van der Waals surface area contributed by atoms with E-state index in [2.05, 4.69) is 4.98 Å². The summed E-state index contributed by atoms with van der Waals surface area (Å²) >= 11 is 6.07. The van der Waals surface area contributed by atoms with Crippen LogP contribution in [0.25, 0.3) is 11.1 Å². The Morgan fingerprint density at radius 2 is 2.15 bits per heavy atom. The van der Waals surface area contributed by atoms with Crippen molar-refractivity contribution in [1.82, 2.24) is 4.98 Å². The zero-order valence-corrected chi connectivity index (χ0v) is 11.2. The number of nitrogen functional groups attached to an aromatic ring is 1. The SMILES string of the molecule is Nc1cc(Cl)c(-c2ccc(OC3COC3)nc2)cc1F. The van der Waals surface area contributed by atoms with Crippen molar-refractivity contribution in [2.24, 2.45) is 0 Å². The summed E-state index contributed by atoms with van der Waals surface area (Å²) in [5.74, 6) is 0.00503. The van der Waals surface area contributed by atoms with Crippen LogP contribution in [0.5, 0.6) is 5.88 Å². The number of pyridine rings is 1. The van der Waals surface area contributed by atoms with Crippen molar-refractivity contribution in [1.29, 1.82) is 0 Å². The summed E-state index contributed by atoms with van der Waals surface area (Å²) in [6.45, 7) is 1.16. The molecule has 1 aliphatic heterocycles. The lowest BCUT2D eigenvalue weighted by atomic mass is 10.1. The van der Waals surface area contributed by atoms with Crippen LogP contribution in [0.3, 0.4) is 0 Å². The number of rotatable bonds is 3. The van der Waals surface area contributed by atoms with Gasteiger partial charge in [0.1, 0.15) is 11.9 Å². The van der Waals surface area contributed by atoms with Gasteiger partial charge in [0, 0.05) is 23.4 Å². The Kier molecular flexibility index (Phi) is 3.46. The number of ether oxygens (including phenoxy) is 2. The molecule has 0 atom stereocenters. The van der Waals surface area contributed by atoms with E-state index in [0.29, 0.717) is 35.2 Å². The van der Waals surface area contributed by atoms with Crippen molar-refractivity contribution in [3.8, 4) is 17.0 Å². The molecule has 3 rings (SSSR count). The van der Waals surface area contributed by atoms with Crippen LogP contribution in [-0.2, 0) is 4.74 Å². The van der Waals surface area contributed by atoms with Gasteiger partial charge in [0.15, 0.2) is 0 Å². The standard InChI is InChI=1S/C14H12ClFN2O2/c15-11-4-13(17)12(16)3-10(11)8-1-2-14(18-5-8)20-9-6-19-7-9/h1-5,9H,6-7,17H2. The molecule has 0 bridgehead atoms. The maximum atomic E-state index is 13.5. The first-order chi connectivity index (χ1) is 9.63. The van der Waals surface area contributed by atoms with Crippen LogP contribution in [0.15, 0.2) is 30.5 Å². The molecule has 20 heavy (non-hydrogen) atoms. The zero-order chi connectivity index (χ0) is 14.1. The van der Waals surface area contributed by atoms with Gasteiger partial charge in [-0.1, -0.05) is 11.6 Å². The third-order valence-corrected chi connectivity index (χ3v) is 3.34. The second kappa shape index (κ2) is 5.26. The van der Waals surface area contributed by atoms with E-state index >= 15 is 0 Å². The molecule has 1 aromatic carbocycles. The van der Waals surface area contributed by atoms with Gasteiger partial charge < -0.3 is 15.2 Å². The Hall–Kier alpha value is -1.85. The molecule has 1 fully saturated rings. The molecule has 1 aromatic heterocycles. The minimum Gasteiger partial charge on any atom is -0.469 e. The molecule has 104 valence electrons. The van der Waals surface area contributed by atoms with Gasteiger partial charge >= 0.3 is 0 Å². The Labute approximate surface area is 120 Å². The number of hydrogen-bond acceptors (Lipinski definition) is 4. The van der Waals surface area contributed by atoms with E-state index in [9.17, 15) is 4.39 Å². The van der Waals surface area contributed by atoms with Crippen LogP contribution >= 0.6 is 11.6 Å². The number of halogens is 2. The minimum absolute atomic E-state index is 0.0247. The molecule has 4 nitrogen and oxygen atoms in total. The van der Waals surface area contributed by atoms with E-state index in [-0.39, 0.29) is 11.8 Å². The normalized spacial score (nSPS) is 14.9. The largest absolute Gasteiger partial charge is 0.469 e. The first-order valence-electron chi connectivity index (χ1n) is 6.09. The molecule has 0 amide bonds. The number of nitrogens with two attached hydrogens (primary N) is 1. The first kappa shape index (κ1) is 13.1. The van der Waals surface area contributed by atoms with Crippen molar-refractivity contribution in [2.45, 2.75) is 6.10 Å². The van der Waals surface area contributed by atoms with Crippen LogP contribution < -0.4 is 10.5 Å². The molecule has 1 saturated heterocycles. The highest BCUT2D eigenvalue weighted by molar-refractivity contribution is 6.33. The van der Waals surface area contributed by atoms with Crippen molar-refractivity contribution < 1.29 is 13.9 Å². The second-order valence-corrected chi connectivity index (χ2v) is 4.92. The van der Waals surface area contributed by atoms with Crippen LogP contribution in [0.1, 0.15) is 0 Å². The smallest absolute Gasteiger partial charge is 0.213 e. The summed E-state index contributed by atoms with van der Waals surface area (Å²) in [7, 11) is 0. The second-order valence-electron chi connectivity index (χ2n) is 4.52. The molecule has 0 unspecified atom stereocenters. The molecule has 2 aromatic rings. The topological polar surface area (TPSA) is 57.4 Å². The van der Waals surface area contributed by atoms with Gasteiger partial charge in [0.25, 0.3) is 0 Å². The van der Waals surface area contributed by atoms with Crippen LogP contribution in [0.2, 0.25) is 5.02 Å². The molecular formula is C14H12ClFN2O2.